The van der Waals surface area contributed by atoms with Gasteiger partial charge in [-0.25, -0.2) is 0 Å². The number of hydrogen-bond acceptors (Lipinski definition) is 3. The molecule has 0 unspecified atom stereocenters. The lowest BCUT2D eigenvalue weighted by molar-refractivity contribution is -0.147. The maximum Gasteiger partial charge on any atom is 0.451 e. The largest absolute Gasteiger partial charge is 0.451 e. The van der Waals surface area contributed by atoms with Crippen LogP contribution in [0.4, 0.5) is 13.2 Å². The van der Waals surface area contributed by atoms with Crippen LogP contribution in [0.15, 0.2) is 0 Å². The predicted molar refractivity (Wildman–Crippen MR) is 58.1 cm³/mol. The van der Waals surface area contributed by atoms with E-state index in [4.69, 9.17) is 5.41 Å². The molecule has 1 N–H and O–H groups in total. The summed E-state index contributed by atoms with van der Waals surface area (Å²) in [5.74, 6) is -0.228. The maximum atomic E-state index is 12.6. The number of rotatable bonds is 2. The fourth-order valence-corrected chi connectivity index (χ4v) is 1.99. The van der Waals surface area contributed by atoms with Crippen LogP contribution in [-0.2, 0) is 19.3 Å². The van der Waals surface area contributed by atoms with Gasteiger partial charge < -0.3 is 9.47 Å². The fourth-order valence-electron chi connectivity index (χ4n) is 1.99. The number of aromatic nitrogens is 3. The second kappa shape index (κ2) is 4.58. The van der Waals surface area contributed by atoms with Gasteiger partial charge in [0.1, 0.15) is 0 Å². The minimum Gasteiger partial charge on any atom is -0.351 e. The van der Waals surface area contributed by atoms with Gasteiger partial charge in [-0.15, -0.1) is 10.2 Å². The van der Waals surface area contributed by atoms with E-state index in [2.05, 4.69) is 10.2 Å². The molecule has 0 amide bonds. The molecule has 1 aliphatic rings. The van der Waals surface area contributed by atoms with E-state index >= 15 is 0 Å². The van der Waals surface area contributed by atoms with E-state index in [1.807, 2.05) is 6.92 Å². The van der Waals surface area contributed by atoms with Gasteiger partial charge in [0.25, 0.3) is 0 Å². The lowest BCUT2D eigenvalue weighted by atomic mass is 10.2. The summed E-state index contributed by atoms with van der Waals surface area (Å²) in [7, 11) is 0. The van der Waals surface area contributed by atoms with Crippen LogP contribution in [0.5, 0.6) is 0 Å². The molecule has 0 saturated carbocycles. The Labute approximate surface area is 102 Å². The van der Waals surface area contributed by atoms with E-state index in [0.29, 0.717) is 18.8 Å². The van der Waals surface area contributed by atoms with Gasteiger partial charge in [0.2, 0.25) is 5.82 Å². The lowest BCUT2D eigenvalue weighted by Gasteiger charge is -2.29. The van der Waals surface area contributed by atoms with Crippen LogP contribution < -0.4 is 0 Å². The summed E-state index contributed by atoms with van der Waals surface area (Å²) < 4.78 is 38.9. The molecule has 18 heavy (non-hydrogen) atoms. The highest BCUT2D eigenvalue weighted by Gasteiger charge is 2.39. The summed E-state index contributed by atoms with van der Waals surface area (Å²) in [5.41, 5.74) is 0. The summed E-state index contributed by atoms with van der Waals surface area (Å²) in [6.45, 7) is 2.75. The number of alkyl halides is 3. The quantitative estimate of drug-likeness (QED) is 0.653. The Hall–Kier alpha value is -1.60. The smallest absolute Gasteiger partial charge is 0.351 e. The molecule has 0 atom stereocenters. The van der Waals surface area contributed by atoms with Crippen LogP contribution in [-0.4, -0.2) is 32.0 Å². The first-order chi connectivity index (χ1) is 8.43. The highest BCUT2D eigenvalue weighted by Crippen LogP contribution is 2.29. The van der Waals surface area contributed by atoms with Crippen molar-refractivity contribution in [2.24, 2.45) is 0 Å². The number of fused-ring (bicyclic) bond motifs is 1. The standard InChI is InChI=1S/C10H14F3N5/c1-2-3-7(14)17-4-5-18-8(6-17)15-16-9(18)10(11,12)13/h14H,2-6H2,1H3. The van der Waals surface area contributed by atoms with Crippen LogP contribution >= 0.6 is 0 Å². The molecule has 0 saturated heterocycles. The molecule has 2 rings (SSSR count). The normalized spacial score (nSPS) is 15.7. The van der Waals surface area contributed by atoms with Gasteiger partial charge in [-0.3, -0.25) is 5.41 Å². The van der Waals surface area contributed by atoms with Crippen molar-refractivity contribution >= 4 is 5.84 Å². The first-order valence-electron chi connectivity index (χ1n) is 5.75. The molecule has 8 heteroatoms. The van der Waals surface area contributed by atoms with Gasteiger partial charge in [0, 0.05) is 19.5 Å². The lowest BCUT2D eigenvalue weighted by Crippen LogP contribution is -2.38. The zero-order valence-corrected chi connectivity index (χ0v) is 9.96. The number of nitrogens with zero attached hydrogens (tertiary/aromatic N) is 4. The Morgan fingerprint density at radius 2 is 2.06 bits per heavy atom. The number of nitrogens with one attached hydrogen (secondary N) is 1. The molecular formula is C10H14F3N5. The van der Waals surface area contributed by atoms with E-state index in [-0.39, 0.29) is 18.9 Å². The summed E-state index contributed by atoms with van der Waals surface area (Å²) in [5, 5.41) is 14.6. The first kappa shape index (κ1) is 12.8. The van der Waals surface area contributed by atoms with Gasteiger partial charge in [0.05, 0.1) is 12.4 Å². The van der Waals surface area contributed by atoms with E-state index in [0.717, 1.165) is 11.0 Å². The number of amidine groups is 1. The van der Waals surface area contributed by atoms with Crippen molar-refractivity contribution in [2.45, 2.75) is 39.0 Å². The third-order valence-corrected chi connectivity index (χ3v) is 2.88. The van der Waals surface area contributed by atoms with Crippen molar-refractivity contribution in [1.82, 2.24) is 19.7 Å². The second-order valence-corrected chi connectivity index (χ2v) is 4.21. The second-order valence-electron chi connectivity index (χ2n) is 4.21. The Balaban J connectivity index is 2.17. The highest BCUT2D eigenvalue weighted by molar-refractivity contribution is 5.79. The van der Waals surface area contributed by atoms with Gasteiger partial charge in [-0.2, -0.15) is 13.2 Å². The minimum atomic E-state index is -4.47. The third kappa shape index (κ3) is 2.32. The molecule has 5 nitrogen and oxygen atoms in total. The molecule has 1 aliphatic heterocycles. The highest BCUT2D eigenvalue weighted by atomic mass is 19.4. The Morgan fingerprint density at radius 3 is 2.67 bits per heavy atom. The van der Waals surface area contributed by atoms with Crippen molar-refractivity contribution in [3.63, 3.8) is 0 Å². The van der Waals surface area contributed by atoms with Crippen LogP contribution in [0.1, 0.15) is 31.4 Å². The van der Waals surface area contributed by atoms with E-state index in [1.165, 1.54) is 0 Å². The van der Waals surface area contributed by atoms with E-state index < -0.39 is 12.0 Å². The molecule has 2 heterocycles. The monoisotopic (exact) mass is 261 g/mol. The minimum absolute atomic E-state index is 0.170. The topological polar surface area (TPSA) is 57.8 Å². The van der Waals surface area contributed by atoms with Gasteiger partial charge in [0.15, 0.2) is 5.82 Å². The van der Waals surface area contributed by atoms with Crippen LogP contribution in [0, 0.1) is 5.41 Å². The number of hydrogen-bond donors (Lipinski definition) is 1. The van der Waals surface area contributed by atoms with E-state index in [1.54, 1.807) is 4.90 Å². The average molecular weight is 261 g/mol. The van der Waals surface area contributed by atoms with Crippen LogP contribution in [0.2, 0.25) is 0 Å². The molecule has 0 aromatic carbocycles. The zero-order chi connectivity index (χ0) is 13.3. The molecule has 0 spiro atoms. The zero-order valence-electron chi connectivity index (χ0n) is 9.96. The number of halogens is 3. The first-order valence-corrected chi connectivity index (χ1v) is 5.75. The van der Waals surface area contributed by atoms with Crippen LogP contribution in [0.3, 0.4) is 0 Å². The van der Waals surface area contributed by atoms with Gasteiger partial charge >= 0.3 is 6.18 Å². The van der Waals surface area contributed by atoms with E-state index in [9.17, 15) is 13.2 Å². The Kier molecular flexibility index (Phi) is 3.27. The summed E-state index contributed by atoms with van der Waals surface area (Å²) in [6, 6.07) is 0. The molecule has 0 bridgehead atoms. The molecule has 0 fully saturated rings. The van der Waals surface area contributed by atoms with Crippen molar-refractivity contribution in [3.05, 3.63) is 11.6 Å². The molecule has 1 aromatic heterocycles. The third-order valence-electron chi connectivity index (χ3n) is 2.88. The Bertz CT molecular complexity index is 451. The summed E-state index contributed by atoms with van der Waals surface area (Å²) in [4.78, 5) is 1.74. The van der Waals surface area contributed by atoms with Crippen molar-refractivity contribution in [1.29, 1.82) is 5.41 Å². The molecule has 100 valence electrons. The van der Waals surface area contributed by atoms with Gasteiger partial charge in [-0.1, -0.05) is 6.92 Å². The average Bonchev–Trinajstić information content (AvgIpc) is 2.71. The summed E-state index contributed by atoms with van der Waals surface area (Å²) in [6.07, 6.45) is -3.00. The SMILES string of the molecule is CCCC(=N)N1CCn2c(nnc2C(F)(F)F)C1. The molecular weight excluding hydrogens is 247 g/mol. The van der Waals surface area contributed by atoms with Gasteiger partial charge in [-0.05, 0) is 6.42 Å². The summed E-state index contributed by atoms with van der Waals surface area (Å²) >= 11 is 0. The fraction of sp³-hybridized carbons (Fsp3) is 0.700. The molecule has 0 radical (unpaired) electrons. The van der Waals surface area contributed by atoms with Crippen molar-refractivity contribution in [3.8, 4) is 0 Å². The molecule has 1 aromatic rings. The van der Waals surface area contributed by atoms with Crippen LogP contribution in [0.25, 0.3) is 0 Å². The van der Waals surface area contributed by atoms with Crippen molar-refractivity contribution in [2.75, 3.05) is 6.54 Å². The van der Waals surface area contributed by atoms with Crippen molar-refractivity contribution < 1.29 is 13.2 Å². The Morgan fingerprint density at radius 1 is 1.33 bits per heavy atom. The predicted octanol–water partition coefficient (Wildman–Crippen LogP) is 1.89. The molecule has 0 aliphatic carbocycles. The maximum absolute atomic E-state index is 12.6.